The second-order valence-corrected chi connectivity index (χ2v) is 12.6. The smallest absolute Gasteiger partial charge is 0.264 e. The summed E-state index contributed by atoms with van der Waals surface area (Å²) in [6, 6.07) is 25.8. The van der Waals surface area contributed by atoms with E-state index in [1.807, 2.05) is 37.3 Å². The molecule has 0 fully saturated rings. The van der Waals surface area contributed by atoms with Crippen molar-refractivity contribution in [2.75, 3.05) is 24.5 Å². The lowest BCUT2D eigenvalue weighted by Crippen LogP contribution is -2.53. The molecule has 4 aromatic carbocycles. The number of benzene rings is 4. The summed E-state index contributed by atoms with van der Waals surface area (Å²) >= 11 is 6.11. The summed E-state index contributed by atoms with van der Waals surface area (Å²) in [5.74, 6) is -0.987. The molecule has 4 aromatic rings. The first-order valence-electron chi connectivity index (χ1n) is 14.4. The van der Waals surface area contributed by atoms with Crippen molar-refractivity contribution in [2.24, 2.45) is 0 Å². The van der Waals surface area contributed by atoms with Crippen LogP contribution < -0.4 is 14.4 Å². The van der Waals surface area contributed by atoms with E-state index in [9.17, 15) is 22.4 Å². The third-order valence-corrected chi connectivity index (χ3v) is 9.17. The van der Waals surface area contributed by atoms with Gasteiger partial charge in [0.1, 0.15) is 24.2 Å². The summed E-state index contributed by atoms with van der Waals surface area (Å²) in [6.07, 6.45) is 0.857. The van der Waals surface area contributed by atoms with Gasteiger partial charge in [-0.05, 0) is 78.2 Å². The number of nitrogens with one attached hydrogen (secondary N) is 1. The van der Waals surface area contributed by atoms with E-state index < -0.39 is 34.3 Å². The molecule has 0 spiro atoms. The number of halogens is 2. The van der Waals surface area contributed by atoms with Crippen LogP contribution in [0.2, 0.25) is 5.02 Å². The van der Waals surface area contributed by atoms with Crippen LogP contribution in [0.25, 0.3) is 0 Å². The molecule has 8 nitrogen and oxygen atoms in total. The number of sulfonamides is 1. The number of ether oxygens (including phenoxy) is 1. The average Bonchev–Trinajstić information content (AvgIpc) is 3.05. The highest BCUT2D eigenvalue weighted by Crippen LogP contribution is 2.27. The number of rotatable bonds is 14. The van der Waals surface area contributed by atoms with E-state index in [-0.39, 0.29) is 29.5 Å². The Hall–Kier alpha value is -4.41. The Balaban J connectivity index is 1.78. The number of anilines is 1. The largest absolute Gasteiger partial charge is 0.497 e. The summed E-state index contributed by atoms with van der Waals surface area (Å²) in [6.45, 7) is 1.63. The zero-order valence-electron chi connectivity index (χ0n) is 25.0. The van der Waals surface area contributed by atoms with Crippen molar-refractivity contribution in [3.63, 3.8) is 0 Å². The van der Waals surface area contributed by atoms with E-state index in [4.69, 9.17) is 16.3 Å². The van der Waals surface area contributed by atoms with Crippen molar-refractivity contribution in [3.05, 3.63) is 125 Å². The molecule has 0 aliphatic carbocycles. The zero-order valence-corrected chi connectivity index (χ0v) is 26.6. The predicted molar refractivity (Wildman–Crippen MR) is 173 cm³/mol. The maximum absolute atomic E-state index is 14.4. The van der Waals surface area contributed by atoms with Crippen molar-refractivity contribution >= 4 is 39.1 Å². The molecule has 0 aliphatic rings. The van der Waals surface area contributed by atoms with Crippen LogP contribution in [0.1, 0.15) is 24.5 Å². The van der Waals surface area contributed by atoms with Gasteiger partial charge in [-0.3, -0.25) is 13.9 Å². The molecule has 11 heteroatoms. The maximum Gasteiger partial charge on any atom is 0.264 e. The number of methoxy groups -OCH3 is 1. The van der Waals surface area contributed by atoms with Gasteiger partial charge in [0.15, 0.2) is 0 Å². The monoisotopic (exact) mass is 651 g/mol. The van der Waals surface area contributed by atoms with E-state index in [0.717, 1.165) is 9.87 Å². The second-order valence-electron chi connectivity index (χ2n) is 10.3. The van der Waals surface area contributed by atoms with Crippen LogP contribution in [-0.2, 0) is 32.6 Å². The molecule has 0 bridgehead atoms. The molecular weight excluding hydrogens is 617 g/mol. The Labute approximate surface area is 268 Å². The van der Waals surface area contributed by atoms with Gasteiger partial charge in [0.2, 0.25) is 11.8 Å². The van der Waals surface area contributed by atoms with Crippen LogP contribution in [0.5, 0.6) is 5.75 Å². The number of hydrogen-bond donors (Lipinski definition) is 1. The summed E-state index contributed by atoms with van der Waals surface area (Å²) in [7, 11) is -2.81. The Morgan fingerprint density at radius 3 is 2.13 bits per heavy atom. The van der Waals surface area contributed by atoms with E-state index >= 15 is 0 Å². The molecule has 0 aliphatic heterocycles. The van der Waals surface area contributed by atoms with Crippen LogP contribution >= 0.6 is 11.6 Å². The quantitative estimate of drug-likeness (QED) is 0.185. The topological polar surface area (TPSA) is 96.0 Å². The van der Waals surface area contributed by atoms with Crippen LogP contribution in [-0.4, -0.2) is 51.4 Å². The molecule has 0 heterocycles. The maximum atomic E-state index is 14.4. The normalized spacial score (nSPS) is 11.8. The van der Waals surface area contributed by atoms with Gasteiger partial charge < -0.3 is 15.0 Å². The fourth-order valence-corrected chi connectivity index (χ4v) is 6.26. The molecule has 0 saturated carbocycles. The van der Waals surface area contributed by atoms with Gasteiger partial charge in [0.25, 0.3) is 10.0 Å². The van der Waals surface area contributed by atoms with Gasteiger partial charge >= 0.3 is 0 Å². The van der Waals surface area contributed by atoms with Crippen LogP contribution in [0.15, 0.2) is 108 Å². The summed E-state index contributed by atoms with van der Waals surface area (Å²) in [5.41, 5.74) is 1.59. The van der Waals surface area contributed by atoms with Crippen molar-refractivity contribution in [2.45, 2.75) is 37.2 Å². The molecule has 0 aromatic heterocycles. The number of hydrogen-bond acceptors (Lipinski definition) is 5. The summed E-state index contributed by atoms with van der Waals surface area (Å²) in [5, 5.41) is 3.28. The first-order chi connectivity index (χ1) is 21.6. The molecule has 1 N–H and O–H groups in total. The van der Waals surface area contributed by atoms with Crippen LogP contribution in [0.3, 0.4) is 0 Å². The standard InChI is InChI=1S/C34H35ClFN3O5S/c1-3-21-37-34(41)32(22-25-7-5-4-6-8-25)38(23-26-9-13-28(36)14-10-26)33(40)24-39(29-15-11-27(35)12-16-29)45(42,43)31-19-17-30(44-2)18-20-31/h4-20,32H,3,21-24H2,1-2H3,(H,37,41)/t32-/m1/s1. The molecular formula is C34H35ClFN3O5S. The van der Waals surface area contributed by atoms with E-state index in [0.29, 0.717) is 29.3 Å². The van der Waals surface area contributed by atoms with Gasteiger partial charge in [-0.1, -0.05) is 61.0 Å². The minimum absolute atomic E-state index is 0.0577. The number of nitrogens with zero attached hydrogens (tertiary/aromatic N) is 2. The molecule has 4 rings (SSSR count). The van der Waals surface area contributed by atoms with E-state index in [2.05, 4.69) is 5.32 Å². The predicted octanol–water partition coefficient (Wildman–Crippen LogP) is 5.85. The van der Waals surface area contributed by atoms with Crippen molar-refractivity contribution in [1.82, 2.24) is 10.2 Å². The molecule has 0 saturated heterocycles. The highest BCUT2D eigenvalue weighted by Gasteiger charge is 2.34. The third-order valence-electron chi connectivity index (χ3n) is 7.13. The van der Waals surface area contributed by atoms with Gasteiger partial charge in [-0.15, -0.1) is 0 Å². The Morgan fingerprint density at radius 1 is 0.889 bits per heavy atom. The molecule has 236 valence electrons. The molecule has 0 unspecified atom stereocenters. The molecule has 45 heavy (non-hydrogen) atoms. The Kier molecular flexibility index (Phi) is 11.6. The first-order valence-corrected chi connectivity index (χ1v) is 16.2. The highest BCUT2D eigenvalue weighted by molar-refractivity contribution is 7.92. The fourth-order valence-electron chi connectivity index (χ4n) is 4.72. The minimum atomic E-state index is -4.28. The van der Waals surface area contributed by atoms with Gasteiger partial charge in [0.05, 0.1) is 17.7 Å². The zero-order chi connectivity index (χ0) is 32.4. The molecule has 2 amide bonds. The third kappa shape index (κ3) is 8.83. The lowest BCUT2D eigenvalue weighted by Gasteiger charge is -2.34. The molecule has 0 radical (unpaired) electrons. The minimum Gasteiger partial charge on any atom is -0.497 e. The first kappa shape index (κ1) is 33.5. The number of carbonyl (C=O) groups is 2. The van der Waals surface area contributed by atoms with E-state index in [1.54, 1.807) is 0 Å². The SMILES string of the molecule is CCCNC(=O)[C@@H](Cc1ccccc1)N(Cc1ccc(F)cc1)C(=O)CN(c1ccc(Cl)cc1)S(=O)(=O)c1ccc(OC)cc1. The van der Waals surface area contributed by atoms with E-state index in [1.165, 1.54) is 84.8 Å². The molecule has 1 atom stereocenters. The van der Waals surface area contributed by atoms with Gasteiger partial charge in [0, 0.05) is 24.5 Å². The average molecular weight is 652 g/mol. The van der Waals surface area contributed by atoms with Gasteiger partial charge in [-0.25, -0.2) is 12.8 Å². The Bertz CT molecular complexity index is 1670. The lowest BCUT2D eigenvalue weighted by atomic mass is 10.0. The van der Waals surface area contributed by atoms with Crippen LogP contribution in [0.4, 0.5) is 10.1 Å². The summed E-state index contributed by atoms with van der Waals surface area (Å²) < 4.78 is 48.1. The second kappa shape index (κ2) is 15.5. The lowest BCUT2D eigenvalue weighted by molar-refractivity contribution is -0.140. The summed E-state index contributed by atoms with van der Waals surface area (Å²) in [4.78, 5) is 29.3. The van der Waals surface area contributed by atoms with Crippen molar-refractivity contribution < 1.29 is 27.1 Å². The fraction of sp³-hybridized carbons (Fsp3) is 0.235. The van der Waals surface area contributed by atoms with Gasteiger partial charge in [-0.2, -0.15) is 0 Å². The number of carbonyl (C=O) groups excluding carboxylic acids is 2. The van der Waals surface area contributed by atoms with Crippen molar-refractivity contribution in [1.29, 1.82) is 0 Å². The van der Waals surface area contributed by atoms with Crippen LogP contribution in [0, 0.1) is 5.82 Å². The highest BCUT2D eigenvalue weighted by atomic mass is 35.5. The Morgan fingerprint density at radius 2 is 1.53 bits per heavy atom. The number of amides is 2. The van der Waals surface area contributed by atoms with Crippen molar-refractivity contribution in [3.8, 4) is 5.75 Å².